The van der Waals surface area contributed by atoms with Crippen LogP contribution in [0.25, 0.3) is 17.1 Å². The standard InChI is InChI=1S/C24H26ClN3O3/c1-15(2)31-23-17(25)13-16(14-21(23)30-3)10-11-22(29)28-12-6-9-20(28)24-26-18-7-4-5-8-19(18)27-24/h4-5,7-8,10-11,13-15,20H,6,9,12H2,1-3H3,(H,26,27). The van der Waals surface area contributed by atoms with Crippen molar-refractivity contribution in [2.75, 3.05) is 13.7 Å². The molecule has 2 aromatic carbocycles. The van der Waals surface area contributed by atoms with Gasteiger partial charge in [0.25, 0.3) is 0 Å². The van der Waals surface area contributed by atoms with Crippen molar-refractivity contribution in [2.24, 2.45) is 0 Å². The number of carbonyl (C=O) groups is 1. The van der Waals surface area contributed by atoms with Gasteiger partial charge in [0.15, 0.2) is 11.5 Å². The number of nitrogens with zero attached hydrogens (tertiary/aromatic N) is 2. The largest absolute Gasteiger partial charge is 0.493 e. The molecule has 2 heterocycles. The predicted molar refractivity (Wildman–Crippen MR) is 123 cm³/mol. The van der Waals surface area contributed by atoms with Gasteiger partial charge in [0, 0.05) is 12.6 Å². The maximum absolute atomic E-state index is 13.0. The molecule has 1 amide bonds. The van der Waals surface area contributed by atoms with Crippen LogP contribution in [-0.4, -0.2) is 40.5 Å². The van der Waals surface area contributed by atoms with E-state index in [1.807, 2.05) is 49.1 Å². The van der Waals surface area contributed by atoms with Crippen molar-refractivity contribution in [3.05, 3.63) is 58.9 Å². The third kappa shape index (κ3) is 4.54. The molecule has 1 saturated heterocycles. The molecule has 1 aliphatic rings. The molecule has 7 heteroatoms. The van der Waals surface area contributed by atoms with Crippen molar-refractivity contribution in [1.29, 1.82) is 0 Å². The van der Waals surface area contributed by atoms with E-state index in [-0.39, 0.29) is 18.1 Å². The molecule has 0 radical (unpaired) electrons. The van der Waals surface area contributed by atoms with Crippen molar-refractivity contribution in [2.45, 2.75) is 38.8 Å². The Bertz CT molecular complexity index is 1090. The Kier molecular flexibility index (Phi) is 6.18. The van der Waals surface area contributed by atoms with Crippen molar-refractivity contribution in [3.8, 4) is 11.5 Å². The highest BCUT2D eigenvalue weighted by atomic mass is 35.5. The SMILES string of the molecule is COc1cc(C=CC(=O)N2CCCC2c2nc3ccccc3[nH]2)cc(Cl)c1OC(C)C. The minimum Gasteiger partial charge on any atom is -0.493 e. The van der Waals surface area contributed by atoms with Gasteiger partial charge >= 0.3 is 0 Å². The second kappa shape index (κ2) is 9.02. The van der Waals surface area contributed by atoms with Crippen LogP contribution in [0.5, 0.6) is 11.5 Å². The van der Waals surface area contributed by atoms with Crippen LogP contribution in [0.15, 0.2) is 42.5 Å². The molecule has 1 N–H and O–H groups in total. The lowest BCUT2D eigenvalue weighted by atomic mass is 10.1. The third-order valence-corrected chi connectivity index (χ3v) is 5.56. The molecule has 0 bridgehead atoms. The Hall–Kier alpha value is -2.99. The van der Waals surface area contributed by atoms with Gasteiger partial charge in [0.1, 0.15) is 5.82 Å². The van der Waals surface area contributed by atoms with Crippen LogP contribution in [0.4, 0.5) is 0 Å². The van der Waals surface area contributed by atoms with Gasteiger partial charge in [-0.05, 0) is 62.6 Å². The van der Waals surface area contributed by atoms with Crippen LogP contribution in [0.3, 0.4) is 0 Å². The van der Waals surface area contributed by atoms with Gasteiger partial charge in [-0.3, -0.25) is 4.79 Å². The highest BCUT2D eigenvalue weighted by molar-refractivity contribution is 6.32. The molecular weight excluding hydrogens is 414 g/mol. The van der Waals surface area contributed by atoms with E-state index < -0.39 is 0 Å². The number of benzene rings is 2. The highest BCUT2D eigenvalue weighted by Gasteiger charge is 2.31. The van der Waals surface area contributed by atoms with E-state index in [0.717, 1.165) is 35.3 Å². The number of likely N-dealkylation sites (tertiary alicyclic amines) is 1. The van der Waals surface area contributed by atoms with Crippen LogP contribution in [0, 0.1) is 0 Å². The average molecular weight is 440 g/mol. The number of para-hydroxylation sites is 2. The number of halogens is 1. The number of aromatic nitrogens is 2. The molecule has 1 aromatic heterocycles. The average Bonchev–Trinajstić information content (AvgIpc) is 3.40. The Morgan fingerprint density at radius 3 is 2.87 bits per heavy atom. The number of aromatic amines is 1. The summed E-state index contributed by atoms with van der Waals surface area (Å²) in [5.74, 6) is 1.82. The third-order valence-electron chi connectivity index (χ3n) is 5.28. The van der Waals surface area contributed by atoms with Gasteiger partial charge in [-0.2, -0.15) is 0 Å². The Balaban J connectivity index is 1.53. The number of hydrogen-bond donors (Lipinski definition) is 1. The number of ether oxygens (including phenoxy) is 2. The second-order valence-electron chi connectivity index (χ2n) is 7.86. The van der Waals surface area contributed by atoms with Crippen LogP contribution in [-0.2, 0) is 4.79 Å². The first kappa shape index (κ1) is 21.2. The fourth-order valence-electron chi connectivity index (χ4n) is 3.89. The van der Waals surface area contributed by atoms with E-state index >= 15 is 0 Å². The summed E-state index contributed by atoms with van der Waals surface area (Å²) in [5, 5.41) is 0.446. The van der Waals surface area contributed by atoms with E-state index in [4.69, 9.17) is 26.1 Å². The number of imidazole rings is 1. The summed E-state index contributed by atoms with van der Waals surface area (Å²) in [7, 11) is 1.57. The number of H-pyrrole nitrogens is 1. The summed E-state index contributed by atoms with van der Waals surface area (Å²) >= 11 is 6.40. The van der Waals surface area contributed by atoms with Gasteiger partial charge in [-0.1, -0.05) is 23.7 Å². The fraction of sp³-hybridized carbons (Fsp3) is 0.333. The minimum atomic E-state index is -0.0550. The normalized spacial score (nSPS) is 16.5. The molecule has 1 atom stereocenters. The van der Waals surface area contributed by atoms with E-state index in [2.05, 4.69) is 4.98 Å². The van der Waals surface area contributed by atoms with E-state index in [1.54, 1.807) is 25.3 Å². The van der Waals surface area contributed by atoms with Crippen molar-refractivity contribution < 1.29 is 14.3 Å². The fourth-order valence-corrected chi connectivity index (χ4v) is 4.16. The molecule has 1 fully saturated rings. The summed E-state index contributed by atoms with van der Waals surface area (Å²) in [6, 6.07) is 11.4. The topological polar surface area (TPSA) is 67.5 Å². The molecule has 31 heavy (non-hydrogen) atoms. The summed E-state index contributed by atoms with van der Waals surface area (Å²) in [4.78, 5) is 22.9. The first-order valence-electron chi connectivity index (χ1n) is 10.4. The Morgan fingerprint density at radius 2 is 2.13 bits per heavy atom. The highest BCUT2D eigenvalue weighted by Crippen LogP contribution is 2.37. The lowest BCUT2D eigenvalue weighted by Crippen LogP contribution is -2.29. The summed E-state index contributed by atoms with van der Waals surface area (Å²) in [6.45, 7) is 4.56. The number of methoxy groups -OCH3 is 1. The van der Waals surface area contributed by atoms with Crippen LogP contribution >= 0.6 is 11.6 Å². The summed E-state index contributed by atoms with van der Waals surface area (Å²) in [5.41, 5.74) is 2.67. The quantitative estimate of drug-likeness (QED) is 0.523. The number of carbonyl (C=O) groups excluding carboxylic acids is 1. The van der Waals surface area contributed by atoms with Gasteiger partial charge in [0.05, 0.1) is 35.3 Å². The van der Waals surface area contributed by atoms with Crippen LogP contribution < -0.4 is 9.47 Å². The van der Waals surface area contributed by atoms with Gasteiger partial charge < -0.3 is 19.4 Å². The van der Waals surface area contributed by atoms with Crippen LogP contribution in [0.2, 0.25) is 5.02 Å². The Morgan fingerprint density at radius 1 is 1.32 bits per heavy atom. The monoisotopic (exact) mass is 439 g/mol. The first-order chi connectivity index (χ1) is 15.0. The molecule has 1 aliphatic heterocycles. The van der Waals surface area contributed by atoms with E-state index in [0.29, 0.717) is 23.1 Å². The lowest BCUT2D eigenvalue weighted by molar-refractivity contribution is -0.126. The Labute approximate surface area is 186 Å². The second-order valence-corrected chi connectivity index (χ2v) is 8.27. The molecule has 3 aromatic rings. The van der Waals surface area contributed by atoms with E-state index in [9.17, 15) is 4.79 Å². The summed E-state index contributed by atoms with van der Waals surface area (Å²) < 4.78 is 11.2. The number of nitrogens with one attached hydrogen (secondary N) is 1. The zero-order chi connectivity index (χ0) is 22.0. The van der Waals surface area contributed by atoms with Crippen molar-refractivity contribution in [1.82, 2.24) is 14.9 Å². The maximum Gasteiger partial charge on any atom is 0.247 e. The van der Waals surface area contributed by atoms with Gasteiger partial charge in [-0.15, -0.1) is 0 Å². The predicted octanol–water partition coefficient (Wildman–Crippen LogP) is 5.39. The molecule has 162 valence electrons. The smallest absolute Gasteiger partial charge is 0.247 e. The molecule has 6 nitrogen and oxygen atoms in total. The molecule has 0 aliphatic carbocycles. The molecule has 0 spiro atoms. The number of amides is 1. The maximum atomic E-state index is 13.0. The zero-order valence-corrected chi connectivity index (χ0v) is 18.6. The van der Waals surface area contributed by atoms with Gasteiger partial charge in [0.2, 0.25) is 5.91 Å². The van der Waals surface area contributed by atoms with Crippen LogP contribution in [0.1, 0.15) is 44.1 Å². The molecule has 1 unspecified atom stereocenters. The van der Waals surface area contributed by atoms with E-state index in [1.165, 1.54) is 0 Å². The molecular formula is C24H26ClN3O3. The zero-order valence-electron chi connectivity index (χ0n) is 17.9. The van der Waals surface area contributed by atoms with Gasteiger partial charge in [-0.25, -0.2) is 4.98 Å². The first-order valence-corrected chi connectivity index (χ1v) is 10.8. The summed E-state index contributed by atoms with van der Waals surface area (Å²) in [6.07, 6.45) is 5.14. The molecule has 4 rings (SSSR count). The number of rotatable bonds is 6. The lowest BCUT2D eigenvalue weighted by Gasteiger charge is -2.21. The van der Waals surface area contributed by atoms with Crippen molar-refractivity contribution >= 4 is 34.6 Å². The van der Waals surface area contributed by atoms with Crippen molar-refractivity contribution in [3.63, 3.8) is 0 Å². The number of fused-ring (bicyclic) bond motifs is 1. The number of hydrogen-bond acceptors (Lipinski definition) is 4. The molecule has 0 saturated carbocycles. The minimum absolute atomic E-state index is 0.0280.